The highest BCUT2D eigenvalue weighted by molar-refractivity contribution is 6.30. The van der Waals surface area contributed by atoms with Crippen molar-refractivity contribution in [2.45, 2.75) is 33.2 Å². The third-order valence-electron chi connectivity index (χ3n) is 4.41. The molecule has 0 aliphatic heterocycles. The number of aryl methyl sites for hydroxylation is 1. The standard InChI is InChI=1S/C20H21ClN4O/c1-13(16-5-4-10-22-12-16)23-20(26)11-19-14(2)24-25(15(19)3)18-8-6-17(21)7-9-18/h4-10,12-13H,11H2,1-3H3,(H,23,26). The molecule has 3 aromatic rings. The maximum absolute atomic E-state index is 12.5. The monoisotopic (exact) mass is 368 g/mol. The fraction of sp³-hybridized carbons (Fsp3) is 0.250. The van der Waals surface area contributed by atoms with E-state index in [0.29, 0.717) is 5.02 Å². The van der Waals surface area contributed by atoms with Crippen molar-refractivity contribution in [3.63, 3.8) is 0 Å². The number of benzene rings is 1. The number of nitrogens with zero attached hydrogens (tertiary/aromatic N) is 3. The summed E-state index contributed by atoms with van der Waals surface area (Å²) in [7, 11) is 0. The minimum atomic E-state index is -0.0943. The van der Waals surface area contributed by atoms with Crippen LogP contribution in [0.1, 0.15) is 35.5 Å². The van der Waals surface area contributed by atoms with Gasteiger partial charge in [0.15, 0.2) is 0 Å². The number of amides is 1. The molecule has 1 aromatic carbocycles. The lowest BCUT2D eigenvalue weighted by Crippen LogP contribution is -2.28. The Bertz CT molecular complexity index is 904. The van der Waals surface area contributed by atoms with Gasteiger partial charge in [0.1, 0.15) is 0 Å². The summed E-state index contributed by atoms with van der Waals surface area (Å²) in [6, 6.07) is 11.2. The quantitative estimate of drug-likeness (QED) is 0.741. The number of rotatable bonds is 5. The van der Waals surface area contributed by atoms with E-state index in [9.17, 15) is 4.79 Å². The molecule has 3 rings (SSSR count). The fourth-order valence-corrected chi connectivity index (χ4v) is 3.06. The van der Waals surface area contributed by atoms with Gasteiger partial charge in [-0.3, -0.25) is 9.78 Å². The Hall–Kier alpha value is -2.66. The second-order valence-corrected chi connectivity index (χ2v) is 6.73. The average molecular weight is 369 g/mol. The van der Waals surface area contributed by atoms with Crippen LogP contribution in [0, 0.1) is 13.8 Å². The van der Waals surface area contributed by atoms with E-state index in [1.54, 1.807) is 12.4 Å². The molecule has 0 bridgehead atoms. The van der Waals surface area contributed by atoms with E-state index in [2.05, 4.69) is 15.4 Å². The molecule has 1 N–H and O–H groups in total. The molecule has 0 aliphatic carbocycles. The zero-order valence-corrected chi connectivity index (χ0v) is 15.8. The Morgan fingerprint density at radius 2 is 1.96 bits per heavy atom. The van der Waals surface area contributed by atoms with Crippen LogP contribution >= 0.6 is 11.6 Å². The molecule has 0 saturated heterocycles. The van der Waals surface area contributed by atoms with Crippen molar-refractivity contribution in [2.24, 2.45) is 0 Å². The normalized spacial score (nSPS) is 12.0. The van der Waals surface area contributed by atoms with E-state index in [0.717, 1.165) is 28.2 Å². The van der Waals surface area contributed by atoms with E-state index in [4.69, 9.17) is 11.6 Å². The Morgan fingerprint density at radius 3 is 2.62 bits per heavy atom. The van der Waals surface area contributed by atoms with E-state index in [1.165, 1.54) is 0 Å². The van der Waals surface area contributed by atoms with Gasteiger partial charge in [0.05, 0.1) is 23.8 Å². The van der Waals surface area contributed by atoms with Gasteiger partial charge in [-0.1, -0.05) is 17.7 Å². The van der Waals surface area contributed by atoms with Crippen LogP contribution in [0.3, 0.4) is 0 Å². The number of hydrogen-bond donors (Lipinski definition) is 1. The lowest BCUT2D eigenvalue weighted by Gasteiger charge is -2.14. The Kier molecular flexibility index (Phi) is 5.38. The maximum atomic E-state index is 12.5. The van der Waals surface area contributed by atoms with Crippen LogP contribution in [0.15, 0.2) is 48.8 Å². The first-order valence-electron chi connectivity index (χ1n) is 8.46. The number of nitrogens with one attached hydrogen (secondary N) is 1. The number of pyridine rings is 1. The van der Waals surface area contributed by atoms with Crippen LogP contribution in [0.25, 0.3) is 5.69 Å². The van der Waals surface area contributed by atoms with Gasteiger partial charge in [0, 0.05) is 28.7 Å². The fourth-order valence-electron chi connectivity index (χ4n) is 2.93. The third kappa shape index (κ3) is 3.94. The molecule has 5 nitrogen and oxygen atoms in total. The summed E-state index contributed by atoms with van der Waals surface area (Å²) in [6.07, 6.45) is 3.77. The van der Waals surface area contributed by atoms with Crippen molar-refractivity contribution < 1.29 is 4.79 Å². The van der Waals surface area contributed by atoms with Gasteiger partial charge in [-0.15, -0.1) is 0 Å². The Labute approximate surface area is 158 Å². The first-order valence-corrected chi connectivity index (χ1v) is 8.84. The zero-order valence-electron chi connectivity index (χ0n) is 15.0. The smallest absolute Gasteiger partial charge is 0.225 e. The summed E-state index contributed by atoms with van der Waals surface area (Å²) < 4.78 is 1.85. The third-order valence-corrected chi connectivity index (χ3v) is 4.66. The van der Waals surface area contributed by atoms with Crippen molar-refractivity contribution >= 4 is 17.5 Å². The highest BCUT2D eigenvalue weighted by Crippen LogP contribution is 2.20. The van der Waals surface area contributed by atoms with Crippen molar-refractivity contribution in [3.8, 4) is 5.69 Å². The molecule has 2 heterocycles. The van der Waals surface area contributed by atoms with Crippen LogP contribution in [0.5, 0.6) is 0 Å². The number of aromatic nitrogens is 3. The Morgan fingerprint density at radius 1 is 1.23 bits per heavy atom. The van der Waals surface area contributed by atoms with Crippen molar-refractivity contribution in [3.05, 3.63) is 76.3 Å². The van der Waals surface area contributed by atoms with E-state index < -0.39 is 0 Å². The molecule has 0 spiro atoms. The summed E-state index contributed by atoms with van der Waals surface area (Å²) in [5, 5.41) is 8.29. The number of hydrogen-bond acceptors (Lipinski definition) is 3. The first kappa shape index (κ1) is 18.1. The van der Waals surface area contributed by atoms with Gasteiger partial charge in [-0.2, -0.15) is 5.10 Å². The highest BCUT2D eigenvalue weighted by atomic mass is 35.5. The summed E-state index contributed by atoms with van der Waals surface area (Å²) in [4.78, 5) is 16.6. The largest absolute Gasteiger partial charge is 0.349 e. The van der Waals surface area contributed by atoms with Crippen LogP contribution in [-0.2, 0) is 11.2 Å². The molecule has 1 amide bonds. The van der Waals surface area contributed by atoms with Gasteiger partial charge >= 0.3 is 0 Å². The van der Waals surface area contributed by atoms with Crippen molar-refractivity contribution in [2.75, 3.05) is 0 Å². The van der Waals surface area contributed by atoms with Crippen LogP contribution in [0.4, 0.5) is 0 Å². The summed E-state index contributed by atoms with van der Waals surface area (Å²) >= 11 is 5.96. The molecule has 2 aromatic heterocycles. The molecule has 0 aliphatic rings. The van der Waals surface area contributed by atoms with E-state index in [1.807, 2.05) is 61.9 Å². The summed E-state index contributed by atoms with van der Waals surface area (Å²) in [6.45, 7) is 5.85. The molecule has 134 valence electrons. The molecule has 0 fully saturated rings. The SMILES string of the molecule is Cc1nn(-c2ccc(Cl)cc2)c(C)c1CC(=O)NC(C)c1cccnc1. The Balaban J connectivity index is 1.75. The van der Waals surface area contributed by atoms with Crippen molar-refractivity contribution in [1.82, 2.24) is 20.1 Å². The lowest BCUT2D eigenvalue weighted by molar-refractivity contribution is -0.121. The maximum Gasteiger partial charge on any atom is 0.225 e. The van der Waals surface area contributed by atoms with Gasteiger partial charge in [-0.05, 0) is 56.7 Å². The van der Waals surface area contributed by atoms with Crippen LogP contribution < -0.4 is 5.32 Å². The highest BCUT2D eigenvalue weighted by Gasteiger charge is 2.17. The summed E-state index contributed by atoms with van der Waals surface area (Å²) in [5.41, 5.74) is 4.64. The number of carbonyl (C=O) groups excluding carboxylic acids is 1. The molecular formula is C20H21ClN4O. The molecular weight excluding hydrogens is 348 g/mol. The zero-order chi connectivity index (χ0) is 18.7. The molecule has 1 unspecified atom stereocenters. The minimum absolute atomic E-state index is 0.0387. The van der Waals surface area contributed by atoms with Crippen molar-refractivity contribution in [1.29, 1.82) is 0 Å². The van der Waals surface area contributed by atoms with Crippen LogP contribution in [0.2, 0.25) is 5.02 Å². The number of carbonyl (C=O) groups is 1. The predicted octanol–water partition coefficient (Wildman–Crippen LogP) is 3.96. The summed E-state index contributed by atoms with van der Waals surface area (Å²) in [5.74, 6) is -0.0387. The van der Waals surface area contributed by atoms with Gasteiger partial charge in [0.2, 0.25) is 5.91 Å². The van der Waals surface area contributed by atoms with Gasteiger partial charge in [0.25, 0.3) is 0 Å². The molecule has 6 heteroatoms. The van der Waals surface area contributed by atoms with E-state index in [-0.39, 0.29) is 18.4 Å². The predicted molar refractivity (Wildman–Crippen MR) is 103 cm³/mol. The van der Waals surface area contributed by atoms with E-state index >= 15 is 0 Å². The minimum Gasteiger partial charge on any atom is -0.349 e. The number of halogens is 1. The lowest BCUT2D eigenvalue weighted by atomic mass is 10.1. The second-order valence-electron chi connectivity index (χ2n) is 6.29. The average Bonchev–Trinajstić information content (AvgIpc) is 2.91. The van der Waals surface area contributed by atoms with Crippen LogP contribution in [-0.4, -0.2) is 20.7 Å². The molecule has 0 radical (unpaired) electrons. The molecule has 26 heavy (non-hydrogen) atoms. The molecule has 0 saturated carbocycles. The van der Waals surface area contributed by atoms with Gasteiger partial charge < -0.3 is 5.32 Å². The first-order chi connectivity index (χ1) is 12.5. The van der Waals surface area contributed by atoms with Gasteiger partial charge in [-0.25, -0.2) is 4.68 Å². The molecule has 1 atom stereocenters. The topological polar surface area (TPSA) is 59.8 Å². The second kappa shape index (κ2) is 7.70.